The molecule has 0 aliphatic carbocycles. The van der Waals surface area contributed by atoms with Crippen molar-refractivity contribution in [3.8, 4) is 0 Å². The zero-order chi connectivity index (χ0) is 11.3. The molecule has 1 rings (SSSR count). The maximum atomic E-state index is 3.98. The van der Waals surface area contributed by atoms with Crippen LogP contribution in [-0.2, 0) is 7.05 Å². The summed E-state index contributed by atoms with van der Waals surface area (Å²) in [6, 6.07) is 0.515. The summed E-state index contributed by atoms with van der Waals surface area (Å²) in [5.74, 6) is 0.822. The molecule has 0 aromatic carbocycles. The van der Waals surface area contributed by atoms with Gasteiger partial charge in [-0.25, -0.2) is 4.68 Å². The van der Waals surface area contributed by atoms with E-state index in [2.05, 4.69) is 46.5 Å². The predicted molar refractivity (Wildman–Crippen MR) is 59.8 cm³/mol. The molecule has 0 atom stereocenters. The number of nitrogens with one attached hydrogen (secondary N) is 1. The first-order valence-electron chi connectivity index (χ1n) is 5.35. The molecule has 6 heteroatoms. The van der Waals surface area contributed by atoms with E-state index in [-0.39, 0.29) is 0 Å². The molecule has 1 N–H and O–H groups in total. The van der Waals surface area contributed by atoms with Gasteiger partial charge in [-0.15, -0.1) is 0 Å². The summed E-state index contributed by atoms with van der Waals surface area (Å²) >= 11 is 0. The van der Waals surface area contributed by atoms with Crippen LogP contribution in [0.25, 0.3) is 0 Å². The molecule has 86 valence electrons. The number of rotatable bonds is 6. The number of tetrazole rings is 1. The summed E-state index contributed by atoms with van der Waals surface area (Å²) in [4.78, 5) is 2.15. The number of nitrogens with zero attached hydrogens (tertiary/aromatic N) is 5. The van der Waals surface area contributed by atoms with Crippen molar-refractivity contribution in [2.45, 2.75) is 26.8 Å². The topological polar surface area (TPSA) is 58.9 Å². The van der Waals surface area contributed by atoms with Crippen LogP contribution < -0.4 is 10.2 Å². The van der Waals surface area contributed by atoms with Crippen molar-refractivity contribution >= 4 is 5.95 Å². The SMILES string of the molecule is CCN(CCNC(C)C)c1nnnn1C. The second-order valence-corrected chi connectivity index (χ2v) is 3.79. The van der Waals surface area contributed by atoms with Gasteiger partial charge in [0.2, 0.25) is 5.95 Å². The fourth-order valence-corrected chi connectivity index (χ4v) is 1.38. The van der Waals surface area contributed by atoms with E-state index in [1.165, 1.54) is 0 Å². The number of aryl methyl sites for hydroxylation is 1. The van der Waals surface area contributed by atoms with E-state index in [1.807, 2.05) is 7.05 Å². The molecule has 0 saturated carbocycles. The van der Waals surface area contributed by atoms with Gasteiger partial charge in [0.15, 0.2) is 0 Å². The summed E-state index contributed by atoms with van der Waals surface area (Å²) in [5, 5.41) is 14.8. The van der Waals surface area contributed by atoms with Gasteiger partial charge >= 0.3 is 0 Å². The fraction of sp³-hybridized carbons (Fsp3) is 0.889. The minimum atomic E-state index is 0.515. The van der Waals surface area contributed by atoms with Crippen LogP contribution in [0, 0.1) is 0 Å². The van der Waals surface area contributed by atoms with Gasteiger partial charge in [-0.1, -0.05) is 18.9 Å². The number of hydrogen-bond acceptors (Lipinski definition) is 5. The standard InChI is InChI=1S/C9H20N6/c1-5-15(7-6-10-8(2)3)9-11-12-13-14(9)4/h8,10H,5-7H2,1-4H3. The first-order valence-corrected chi connectivity index (χ1v) is 5.35. The highest BCUT2D eigenvalue weighted by Gasteiger charge is 2.10. The Kier molecular flexibility index (Phi) is 4.48. The lowest BCUT2D eigenvalue weighted by Crippen LogP contribution is -2.36. The molecular weight excluding hydrogens is 192 g/mol. The largest absolute Gasteiger partial charge is 0.339 e. The molecule has 0 radical (unpaired) electrons. The van der Waals surface area contributed by atoms with Gasteiger partial charge in [0.05, 0.1) is 0 Å². The normalized spacial score (nSPS) is 11.0. The maximum Gasteiger partial charge on any atom is 0.245 e. The van der Waals surface area contributed by atoms with Crippen molar-refractivity contribution in [2.75, 3.05) is 24.5 Å². The first-order chi connectivity index (χ1) is 7.15. The monoisotopic (exact) mass is 212 g/mol. The van der Waals surface area contributed by atoms with Crippen LogP contribution in [0.4, 0.5) is 5.95 Å². The van der Waals surface area contributed by atoms with Crippen LogP contribution in [0.2, 0.25) is 0 Å². The zero-order valence-electron chi connectivity index (χ0n) is 9.93. The Bertz CT molecular complexity index is 282. The van der Waals surface area contributed by atoms with Gasteiger partial charge in [0.1, 0.15) is 0 Å². The van der Waals surface area contributed by atoms with E-state index < -0.39 is 0 Å². The van der Waals surface area contributed by atoms with E-state index in [9.17, 15) is 0 Å². The molecule has 0 aliphatic heterocycles. The van der Waals surface area contributed by atoms with E-state index in [4.69, 9.17) is 0 Å². The highest BCUT2D eigenvalue weighted by molar-refractivity contribution is 5.26. The first kappa shape index (κ1) is 11.9. The molecule has 15 heavy (non-hydrogen) atoms. The molecule has 0 fully saturated rings. The molecule has 0 amide bonds. The minimum Gasteiger partial charge on any atom is -0.339 e. The van der Waals surface area contributed by atoms with E-state index in [1.54, 1.807) is 4.68 Å². The Balaban J connectivity index is 2.46. The average Bonchev–Trinajstić information content (AvgIpc) is 2.59. The Hall–Kier alpha value is -1.17. The van der Waals surface area contributed by atoms with Crippen molar-refractivity contribution in [3.63, 3.8) is 0 Å². The summed E-state index contributed by atoms with van der Waals surface area (Å²) in [7, 11) is 1.86. The van der Waals surface area contributed by atoms with Crippen molar-refractivity contribution in [2.24, 2.45) is 7.05 Å². The molecule has 0 spiro atoms. The molecular formula is C9H20N6. The molecule has 0 saturated heterocycles. The Morgan fingerprint density at radius 3 is 2.67 bits per heavy atom. The second kappa shape index (κ2) is 5.65. The molecule has 1 aromatic heterocycles. The fourth-order valence-electron chi connectivity index (χ4n) is 1.38. The number of hydrogen-bond donors (Lipinski definition) is 1. The third-order valence-electron chi connectivity index (χ3n) is 2.20. The van der Waals surface area contributed by atoms with Crippen LogP contribution in [-0.4, -0.2) is 45.9 Å². The highest BCUT2D eigenvalue weighted by Crippen LogP contribution is 2.04. The van der Waals surface area contributed by atoms with Crippen LogP contribution in [0.3, 0.4) is 0 Å². The minimum absolute atomic E-state index is 0.515. The Morgan fingerprint density at radius 1 is 1.47 bits per heavy atom. The summed E-state index contributed by atoms with van der Waals surface area (Å²) in [6.45, 7) is 9.15. The Labute approximate surface area is 90.6 Å². The van der Waals surface area contributed by atoms with Gasteiger partial charge in [0.25, 0.3) is 0 Å². The van der Waals surface area contributed by atoms with E-state index >= 15 is 0 Å². The predicted octanol–water partition coefficient (Wildman–Crippen LogP) is 0.0344. The summed E-state index contributed by atoms with van der Waals surface area (Å²) in [6.07, 6.45) is 0. The zero-order valence-corrected chi connectivity index (χ0v) is 9.93. The van der Waals surface area contributed by atoms with Crippen LogP contribution in [0.15, 0.2) is 0 Å². The van der Waals surface area contributed by atoms with Crippen LogP contribution in [0.5, 0.6) is 0 Å². The smallest absolute Gasteiger partial charge is 0.245 e. The molecule has 1 heterocycles. The molecule has 6 nitrogen and oxygen atoms in total. The molecule has 0 bridgehead atoms. The van der Waals surface area contributed by atoms with Gasteiger partial charge in [-0.2, -0.15) is 0 Å². The van der Waals surface area contributed by atoms with Gasteiger partial charge in [0, 0.05) is 32.7 Å². The van der Waals surface area contributed by atoms with Gasteiger partial charge in [-0.05, 0) is 17.4 Å². The lowest BCUT2D eigenvalue weighted by molar-refractivity contribution is 0.576. The quantitative estimate of drug-likeness (QED) is 0.721. The van der Waals surface area contributed by atoms with Crippen molar-refractivity contribution in [1.82, 2.24) is 25.5 Å². The maximum absolute atomic E-state index is 3.98. The summed E-state index contributed by atoms with van der Waals surface area (Å²) < 4.78 is 1.69. The van der Waals surface area contributed by atoms with Crippen LogP contribution >= 0.6 is 0 Å². The molecule has 0 aliphatic rings. The molecule has 0 unspecified atom stereocenters. The van der Waals surface area contributed by atoms with Gasteiger partial charge in [-0.3, -0.25) is 0 Å². The lowest BCUT2D eigenvalue weighted by Gasteiger charge is -2.21. The van der Waals surface area contributed by atoms with Crippen LogP contribution in [0.1, 0.15) is 20.8 Å². The highest BCUT2D eigenvalue weighted by atomic mass is 15.6. The van der Waals surface area contributed by atoms with Crippen molar-refractivity contribution in [3.05, 3.63) is 0 Å². The molecule has 1 aromatic rings. The summed E-state index contributed by atoms with van der Waals surface area (Å²) in [5.41, 5.74) is 0. The third-order valence-corrected chi connectivity index (χ3v) is 2.20. The van der Waals surface area contributed by atoms with Crippen molar-refractivity contribution in [1.29, 1.82) is 0 Å². The van der Waals surface area contributed by atoms with Gasteiger partial charge < -0.3 is 10.2 Å². The van der Waals surface area contributed by atoms with Crippen molar-refractivity contribution < 1.29 is 0 Å². The number of likely N-dealkylation sites (N-methyl/N-ethyl adjacent to an activating group) is 1. The lowest BCUT2D eigenvalue weighted by atomic mass is 10.4. The number of aromatic nitrogens is 4. The second-order valence-electron chi connectivity index (χ2n) is 3.79. The number of anilines is 1. The Morgan fingerprint density at radius 2 is 2.20 bits per heavy atom. The third kappa shape index (κ3) is 3.47. The van der Waals surface area contributed by atoms with E-state index in [0.29, 0.717) is 6.04 Å². The average molecular weight is 212 g/mol. The van der Waals surface area contributed by atoms with E-state index in [0.717, 1.165) is 25.6 Å².